The third-order valence-electron chi connectivity index (χ3n) is 3.59. The van der Waals surface area contributed by atoms with Gasteiger partial charge in [0.05, 0.1) is 6.54 Å². The van der Waals surface area contributed by atoms with Gasteiger partial charge in [0, 0.05) is 16.9 Å². The van der Waals surface area contributed by atoms with Crippen LogP contribution in [-0.4, -0.2) is 12.8 Å². The van der Waals surface area contributed by atoms with Crippen LogP contribution in [0.2, 0.25) is 0 Å². The fourth-order valence-electron chi connectivity index (χ4n) is 2.45. The lowest BCUT2D eigenvalue weighted by Crippen LogP contribution is -2.82. The lowest BCUT2D eigenvalue weighted by Gasteiger charge is -2.11. The van der Waals surface area contributed by atoms with Gasteiger partial charge in [0.25, 0.3) is 0 Å². The average molecular weight is 262 g/mol. The molecule has 0 fully saturated rings. The second-order valence-corrected chi connectivity index (χ2v) is 5.87. The normalized spacial score (nSPS) is 15.5. The molecule has 1 aromatic carbocycles. The molecule has 0 atom stereocenters. The Hall–Kier alpha value is -0.730. The molecule has 98 valence electrons. The Morgan fingerprint density at radius 3 is 2.67 bits per heavy atom. The van der Waals surface area contributed by atoms with Gasteiger partial charge in [0.2, 0.25) is 0 Å². The summed E-state index contributed by atoms with van der Waals surface area (Å²) in [5.41, 5.74) is 3.13. The first kappa shape index (κ1) is 13.7. The van der Waals surface area contributed by atoms with E-state index in [4.69, 9.17) is 0 Å². The standard InChI is InChI=1S/C16H23NS/c1-18-16-9-7-15(8-10-16)13-17-12-11-14-5-3-2-4-6-14/h5,7-10,17H,2-4,6,11-13H2,1H3/p+1. The summed E-state index contributed by atoms with van der Waals surface area (Å²) in [5.74, 6) is 0. The number of thioether (sulfide) groups is 1. The van der Waals surface area contributed by atoms with Crippen molar-refractivity contribution < 1.29 is 5.32 Å². The Kier molecular flexibility index (Phi) is 5.82. The van der Waals surface area contributed by atoms with Gasteiger partial charge in [0.1, 0.15) is 6.54 Å². The van der Waals surface area contributed by atoms with E-state index < -0.39 is 0 Å². The van der Waals surface area contributed by atoms with Crippen LogP contribution < -0.4 is 5.32 Å². The summed E-state index contributed by atoms with van der Waals surface area (Å²) in [7, 11) is 0. The summed E-state index contributed by atoms with van der Waals surface area (Å²) < 4.78 is 0. The number of quaternary nitrogens is 1. The Balaban J connectivity index is 1.66. The highest BCUT2D eigenvalue weighted by atomic mass is 32.2. The molecule has 1 nitrogen and oxygen atoms in total. The lowest BCUT2D eigenvalue weighted by molar-refractivity contribution is -0.670. The van der Waals surface area contributed by atoms with Crippen molar-refractivity contribution >= 4 is 11.8 Å². The number of hydrogen-bond donors (Lipinski definition) is 1. The van der Waals surface area contributed by atoms with Gasteiger partial charge in [-0.25, -0.2) is 0 Å². The number of nitrogens with two attached hydrogens (primary N) is 1. The molecule has 0 aromatic heterocycles. The molecule has 0 aliphatic heterocycles. The van der Waals surface area contributed by atoms with Gasteiger partial charge in [-0.15, -0.1) is 11.8 Å². The van der Waals surface area contributed by atoms with E-state index in [1.165, 1.54) is 49.1 Å². The Morgan fingerprint density at radius 1 is 1.17 bits per heavy atom. The molecular formula is C16H24NS+. The molecule has 0 bridgehead atoms. The van der Waals surface area contributed by atoms with E-state index in [9.17, 15) is 0 Å². The van der Waals surface area contributed by atoms with Gasteiger partial charge in [-0.1, -0.05) is 23.8 Å². The predicted octanol–water partition coefficient (Wildman–Crippen LogP) is 3.36. The predicted molar refractivity (Wildman–Crippen MR) is 79.9 cm³/mol. The molecule has 0 heterocycles. The highest BCUT2D eigenvalue weighted by Gasteiger charge is 2.04. The molecule has 2 rings (SSSR count). The monoisotopic (exact) mass is 262 g/mol. The van der Waals surface area contributed by atoms with Crippen molar-refractivity contribution in [1.82, 2.24) is 0 Å². The largest absolute Gasteiger partial charge is 0.342 e. The zero-order valence-electron chi connectivity index (χ0n) is 11.3. The van der Waals surface area contributed by atoms with E-state index in [1.807, 2.05) is 0 Å². The average Bonchev–Trinajstić information content (AvgIpc) is 2.45. The smallest absolute Gasteiger partial charge is 0.101 e. The van der Waals surface area contributed by atoms with Crippen LogP contribution in [0.3, 0.4) is 0 Å². The maximum Gasteiger partial charge on any atom is 0.101 e. The van der Waals surface area contributed by atoms with Crippen molar-refractivity contribution in [3.63, 3.8) is 0 Å². The summed E-state index contributed by atoms with van der Waals surface area (Å²) in [6.07, 6.45) is 11.3. The minimum absolute atomic E-state index is 1.11. The first-order chi connectivity index (χ1) is 8.88. The van der Waals surface area contributed by atoms with Crippen molar-refractivity contribution in [1.29, 1.82) is 0 Å². The van der Waals surface area contributed by atoms with Gasteiger partial charge in [0.15, 0.2) is 0 Å². The highest BCUT2D eigenvalue weighted by molar-refractivity contribution is 7.98. The van der Waals surface area contributed by atoms with Crippen LogP contribution in [0.4, 0.5) is 0 Å². The quantitative estimate of drug-likeness (QED) is 0.472. The zero-order chi connectivity index (χ0) is 12.6. The minimum atomic E-state index is 1.11. The molecule has 1 aliphatic carbocycles. The molecule has 1 aromatic rings. The molecule has 0 spiro atoms. The van der Waals surface area contributed by atoms with Gasteiger partial charge < -0.3 is 5.32 Å². The van der Waals surface area contributed by atoms with Gasteiger partial charge in [-0.3, -0.25) is 0 Å². The zero-order valence-corrected chi connectivity index (χ0v) is 12.1. The Bertz CT molecular complexity index is 381. The number of rotatable bonds is 6. The van der Waals surface area contributed by atoms with Crippen LogP contribution in [-0.2, 0) is 6.54 Å². The fraction of sp³-hybridized carbons (Fsp3) is 0.500. The van der Waals surface area contributed by atoms with Crippen LogP contribution in [0.5, 0.6) is 0 Å². The Morgan fingerprint density at radius 2 is 2.00 bits per heavy atom. The highest BCUT2D eigenvalue weighted by Crippen LogP contribution is 2.19. The summed E-state index contributed by atoms with van der Waals surface area (Å²) >= 11 is 1.81. The molecule has 2 heteroatoms. The van der Waals surface area contributed by atoms with E-state index in [2.05, 4.69) is 41.9 Å². The Labute approximate surface area is 115 Å². The van der Waals surface area contributed by atoms with Crippen LogP contribution in [0.25, 0.3) is 0 Å². The second-order valence-electron chi connectivity index (χ2n) is 4.99. The second kappa shape index (κ2) is 7.65. The molecule has 0 unspecified atom stereocenters. The summed E-state index contributed by atoms with van der Waals surface area (Å²) in [6, 6.07) is 8.94. The van der Waals surface area contributed by atoms with Crippen LogP contribution in [0, 0.1) is 0 Å². The van der Waals surface area contributed by atoms with Crippen molar-refractivity contribution in [3.05, 3.63) is 41.5 Å². The van der Waals surface area contributed by atoms with Crippen molar-refractivity contribution in [2.45, 2.75) is 43.5 Å². The van der Waals surface area contributed by atoms with Gasteiger partial charge in [-0.05, 0) is 44.1 Å². The van der Waals surface area contributed by atoms with E-state index in [1.54, 1.807) is 17.3 Å². The number of hydrogen-bond acceptors (Lipinski definition) is 1. The van der Waals surface area contributed by atoms with E-state index in [-0.39, 0.29) is 0 Å². The summed E-state index contributed by atoms with van der Waals surface area (Å²) in [5, 5.41) is 2.43. The number of benzene rings is 1. The van der Waals surface area contributed by atoms with Crippen LogP contribution in [0.1, 0.15) is 37.7 Å². The van der Waals surface area contributed by atoms with Crippen molar-refractivity contribution in [3.8, 4) is 0 Å². The topological polar surface area (TPSA) is 16.6 Å². The van der Waals surface area contributed by atoms with Gasteiger partial charge >= 0.3 is 0 Å². The van der Waals surface area contributed by atoms with Crippen molar-refractivity contribution in [2.75, 3.05) is 12.8 Å². The van der Waals surface area contributed by atoms with E-state index in [0.717, 1.165) is 6.54 Å². The third-order valence-corrected chi connectivity index (χ3v) is 4.34. The molecule has 0 saturated heterocycles. The molecule has 18 heavy (non-hydrogen) atoms. The maximum absolute atomic E-state index is 2.46. The van der Waals surface area contributed by atoms with E-state index >= 15 is 0 Å². The maximum atomic E-state index is 2.46. The summed E-state index contributed by atoms with van der Waals surface area (Å²) in [6.45, 7) is 2.35. The van der Waals surface area contributed by atoms with Crippen molar-refractivity contribution in [2.24, 2.45) is 0 Å². The molecule has 0 amide bonds. The van der Waals surface area contributed by atoms with Crippen LogP contribution in [0.15, 0.2) is 40.8 Å². The fourth-order valence-corrected chi connectivity index (χ4v) is 2.86. The van der Waals surface area contributed by atoms with Crippen LogP contribution >= 0.6 is 11.8 Å². The third kappa shape index (κ3) is 4.51. The molecular weight excluding hydrogens is 238 g/mol. The molecule has 0 saturated carbocycles. The number of allylic oxidation sites excluding steroid dienone is 1. The molecule has 1 aliphatic rings. The van der Waals surface area contributed by atoms with Gasteiger partial charge in [-0.2, -0.15) is 0 Å². The molecule has 0 radical (unpaired) electrons. The van der Waals surface area contributed by atoms with E-state index in [0.29, 0.717) is 0 Å². The summed E-state index contributed by atoms with van der Waals surface area (Å²) in [4.78, 5) is 1.35. The first-order valence-corrected chi connectivity index (χ1v) is 8.23. The lowest BCUT2D eigenvalue weighted by atomic mass is 9.97. The molecule has 2 N–H and O–H groups in total. The SMILES string of the molecule is CSc1ccc(C[NH2+]CCC2=CCCCC2)cc1. The minimum Gasteiger partial charge on any atom is -0.342 e. The first-order valence-electron chi connectivity index (χ1n) is 7.01.